The van der Waals surface area contributed by atoms with Gasteiger partial charge >= 0.3 is 0 Å². The molecular weight excluding hydrogens is 232 g/mol. The molecule has 0 heterocycles. The topological polar surface area (TPSA) is 49.5 Å². The lowest BCUT2D eigenvalue weighted by Gasteiger charge is -2.22. The molecule has 0 bridgehead atoms. The first-order valence-electron chi connectivity index (χ1n) is 5.12. The van der Waals surface area contributed by atoms with Gasteiger partial charge in [-0.3, -0.25) is 4.90 Å². The summed E-state index contributed by atoms with van der Waals surface area (Å²) in [6.45, 7) is 0. The van der Waals surface area contributed by atoms with E-state index < -0.39 is 0 Å². The Morgan fingerprint density at radius 2 is 1.47 bits per heavy atom. The highest BCUT2D eigenvalue weighted by atomic mass is 32.1. The average molecular weight is 244 g/mol. The average Bonchev–Trinajstić information content (AvgIpc) is 2.33. The van der Waals surface area contributed by atoms with E-state index in [-0.39, 0.29) is 10.9 Å². The Kier molecular flexibility index (Phi) is 3.25. The monoisotopic (exact) mass is 244 g/mol. The second-order valence-corrected chi connectivity index (χ2v) is 3.94. The first kappa shape index (κ1) is 11.4. The van der Waals surface area contributed by atoms with Gasteiger partial charge in [-0.15, -0.1) is 0 Å². The molecule has 0 aliphatic rings. The number of hydrogen-bond donors (Lipinski definition) is 2. The molecule has 0 aliphatic carbocycles. The van der Waals surface area contributed by atoms with E-state index >= 15 is 0 Å². The van der Waals surface area contributed by atoms with Crippen LogP contribution in [0.4, 0.5) is 11.4 Å². The summed E-state index contributed by atoms with van der Waals surface area (Å²) in [5, 5.41) is 9.53. The molecule has 0 saturated carbocycles. The van der Waals surface area contributed by atoms with Crippen LogP contribution in [0.5, 0.6) is 5.75 Å². The van der Waals surface area contributed by atoms with Crippen molar-refractivity contribution in [1.29, 1.82) is 0 Å². The maximum atomic E-state index is 9.27. The molecule has 2 aromatic carbocycles. The number of rotatable bonds is 2. The molecule has 4 heteroatoms. The lowest BCUT2D eigenvalue weighted by atomic mass is 10.2. The molecule has 0 saturated heterocycles. The molecular formula is C13H12N2OS. The Balaban J connectivity index is 2.43. The second kappa shape index (κ2) is 4.84. The lowest BCUT2D eigenvalue weighted by Crippen LogP contribution is -2.30. The van der Waals surface area contributed by atoms with Gasteiger partial charge in [0.15, 0.2) is 5.11 Å². The van der Waals surface area contributed by atoms with Gasteiger partial charge < -0.3 is 10.8 Å². The maximum absolute atomic E-state index is 9.27. The number of aromatic hydroxyl groups is 1. The number of phenolic OH excluding ortho intramolecular Hbond substituents is 1. The van der Waals surface area contributed by atoms with Crippen LogP contribution < -0.4 is 10.6 Å². The van der Waals surface area contributed by atoms with Crippen LogP contribution in [-0.4, -0.2) is 10.2 Å². The summed E-state index contributed by atoms with van der Waals surface area (Å²) in [4.78, 5) is 1.74. The van der Waals surface area contributed by atoms with Crippen molar-refractivity contribution in [3.63, 3.8) is 0 Å². The fourth-order valence-electron chi connectivity index (χ4n) is 1.58. The van der Waals surface area contributed by atoms with E-state index in [0.717, 1.165) is 11.4 Å². The number of hydrogen-bond acceptors (Lipinski definition) is 2. The molecule has 86 valence electrons. The van der Waals surface area contributed by atoms with E-state index in [2.05, 4.69) is 0 Å². The first-order chi connectivity index (χ1) is 8.18. The summed E-state index contributed by atoms with van der Waals surface area (Å²) < 4.78 is 0. The van der Waals surface area contributed by atoms with Gasteiger partial charge in [0, 0.05) is 11.4 Å². The minimum absolute atomic E-state index is 0.213. The highest BCUT2D eigenvalue weighted by Crippen LogP contribution is 2.26. The molecule has 3 nitrogen and oxygen atoms in total. The van der Waals surface area contributed by atoms with Gasteiger partial charge in [-0.05, 0) is 48.6 Å². The van der Waals surface area contributed by atoms with Gasteiger partial charge in [0.2, 0.25) is 0 Å². The summed E-state index contributed by atoms with van der Waals surface area (Å²) in [5.41, 5.74) is 7.45. The Morgan fingerprint density at radius 1 is 0.941 bits per heavy atom. The van der Waals surface area contributed by atoms with E-state index in [1.807, 2.05) is 30.3 Å². The van der Waals surface area contributed by atoms with Crippen LogP contribution in [0.25, 0.3) is 0 Å². The Morgan fingerprint density at radius 3 is 2.00 bits per heavy atom. The van der Waals surface area contributed by atoms with Gasteiger partial charge in [-0.2, -0.15) is 0 Å². The van der Waals surface area contributed by atoms with E-state index in [4.69, 9.17) is 18.0 Å². The number of benzene rings is 2. The smallest absolute Gasteiger partial charge is 0.175 e. The van der Waals surface area contributed by atoms with Crippen molar-refractivity contribution in [3.8, 4) is 5.75 Å². The molecule has 2 aromatic rings. The number of nitrogens with two attached hydrogens (primary N) is 1. The third-order valence-electron chi connectivity index (χ3n) is 2.34. The largest absolute Gasteiger partial charge is 0.508 e. The molecule has 3 N–H and O–H groups in total. The van der Waals surface area contributed by atoms with Crippen LogP contribution in [0.1, 0.15) is 0 Å². The van der Waals surface area contributed by atoms with Crippen molar-refractivity contribution >= 4 is 28.7 Å². The quantitative estimate of drug-likeness (QED) is 0.798. The number of nitrogens with zero attached hydrogens (tertiary/aromatic N) is 1. The highest BCUT2D eigenvalue weighted by molar-refractivity contribution is 7.80. The molecule has 0 aliphatic heterocycles. The van der Waals surface area contributed by atoms with Gasteiger partial charge in [0.25, 0.3) is 0 Å². The van der Waals surface area contributed by atoms with E-state index in [1.54, 1.807) is 29.2 Å². The van der Waals surface area contributed by atoms with Gasteiger partial charge in [0.05, 0.1) is 0 Å². The normalized spacial score (nSPS) is 9.88. The van der Waals surface area contributed by atoms with Crippen LogP contribution in [0.2, 0.25) is 0 Å². The molecule has 2 rings (SSSR count). The zero-order valence-electron chi connectivity index (χ0n) is 9.08. The highest BCUT2D eigenvalue weighted by Gasteiger charge is 2.11. The molecule has 17 heavy (non-hydrogen) atoms. The predicted octanol–water partition coefficient (Wildman–Crippen LogP) is 2.77. The zero-order valence-corrected chi connectivity index (χ0v) is 9.89. The molecule has 0 aromatic heterocycles. The molecule has 0 spiro atoms. The van der Waals surface area contributed by atoms with Crippen molar-refractivity contribution in [3.05, 3.63) is 54.6 Å². The second-order valence-electron chi connectivity index (χ2n) is 3.53. The number of phenols is 1. The van der Waals surface area contributed by atoms with Gasteiger partial charge in [-0.25, -0.2) is 0 Å². The molecule has 0 atom stereocenters. The summed E-state index contributed by atoms with van der Waals surface area (Å²) in [5.74, 6) is 0.213. The van der Waals surface area contributed by atoms with Crippen molar-refractivity contribution < 1.29 is 5.11 Å². The minimum atomic E-state index is 0.213. The molecule has 0 unspecified atom stereocenters. The molecule has 0 amide bonds. The van der Waals surface area contributed by atoms with Crippen molar-refractivity contribution in [2.24, 2.45) is 5.73 Å². The van der Waals surface area contributed by atoms with E-state index in [0.29, 0.717) is 0 Å². The lowest BCUT2D eigenvalue weighted by molar-refractivity contribution is 0.475. The van der Waals surface area contributed by atoms with E-state index in [9.17, 15) is 5.11 Å². The minimum Gasteiger partial charge on any atom is -0.508 e. The summed E-state index contributed by atoms with van der Waals surface area (Å²) in [7, 11) is 0. The van der Waals surface area contributed by atoms with Crippen LogP contribution in [0.3, 0.4) is 0 Å². The fourth-order valence-corrected chi connectivity index (χ4v) is 1.79. The Labute approximate surface area is 105 Å². The standard InChI is InChI=1S/C13H12N2OS/c14-13(17)15(10-4-2-1-3-5-10)11-6-8-12(16)9-7-11/h1-9,16H,(H2,14,17). The van der Waals surface area contributed by atoms with Crippen molar-refractivity contribution in [2.75, 3.05) is 4.90 Å². The summed E-state index contributed by atoms with van der Waals surface area (Å²) in [6, 6.07) is 16.3. The van der Waals surface area contributed by atoms with Gasteiger partial charge in [0.1, 0.15) is 5.75 Å². The van der Waals surface area contributed by atoms with Gasteiger partial charge in [-0.1, -0.05) is 18.2 Å². The Hall–Kier alpha value is -2.07. The summed E-state index contributed by atoms with van der Waals surface area (Å²) >= 11 is 5.06. The van der Waals surface area contributed by atoms with Crippen molar-refractivity contribution in [1.82, 2.24) is 0 Å². The Bertz CT molecular complexity index is 511. The fraction of sp³-hybridized carbons (Fsp3) is 0. The number of thiocarbonyl (C=S) groups is 1. The third-order valence-corrected chi connectivity index (χ3v) is 2.53. The first-order valence-corrected chi connectivity index (χ1v) is 5.53. The predicted molar refractivity (Wildman–Crippen MR) is 73.5 cm³/mol. The number of anilines is 2. The van der Waals surface area contributed by atoms with E-state index in [1.165, 1.54) is 0 Å². The maximum Gasteiger partial charge on any atom is 0.175 e. The SMILES string of the molecule is NC(=S)N(c1ccccc1)c1ccc(O)cc1. The molecule has 0 radical (unpaired) electrons. The van der Waals surface area contributed by atoms with Crippen LogP contribution in [0, 0.1) is 0 Å². The van der Waals surface area contributed by atoms with Crippen molar-refractivity contribution in [2.45, 2.75) is 0 Å². The zero-order chi connectivity index (χ0) is 12.3. The third kappa shape index (κ3) is 2.54. The molecule has 0 fully saturated rings. The summed E-state index contributed by atoms with van der Waals surface area (Å²) in [6.07, 6.45) is 0. The van der Waals surface area contributed by atoms with Crippen LogP contribution in [0.15, 0.2) is 54.6 Å². The van der Waals surface area contributed by atoms with Crippen LogP contribution in [-0.2, 0) is 0 Å². The number of para-hydroxylation sites is 1. The van der Waals surface area contributed by atoms with Crippen LogP contribution >= 0.6 is 12.2 Å².